The van der Waals surface area contributed by atoms with Crippen LogP contribution in [0.1, 0.15) is 29.8 Å². The first-order chi connectivity index (χ1) is 10.5. The topological polar surface area (TPSA) is 62.3 Å². The van der Waals surface area contributed by atoms with E-state index in [1.807, 2.05) is 38.1 Å². The summed E-state index contributed by atoms with van der Waals surface area (Å²) in [4.78, 5) is 29.5. The molecular weight excluding hydrogens is 278 g/mol. The van der Waals surface area contributed by atoms with Crippen molar-refractivity contribution >= 4 is 23.3 Å². The molecule has 0 saturated carbocycles. The number of amides is 2. The first-order valence-corrected chi connectivity index (χ1v) is 7.13. The van der Waals surface area contributed by atoms with Crippen LogP contribution in [0.25, 0.3) is 0 Å². The first-order valence-electron chi connectivity index (χ1n) is 7.13. The van der Waals surface area contributed by atoms with Crippen molar-refractivity contribution in [2.24, 2.45) is 0 Å². The summed E-state index contributed by atoms with van der Waals surface area (Å²) in [6.45, 7) is 5.88. The smallest absolute Gasteiger partial charge is 0.258 e. The van der Waals surface area contributed by atoms with Crippen LogP contribution in [0.5, 0.6) is 0 Å². The molecule has 5 nitrogen and oxygen atoms in total. The number of pyridine rings is 1. The van der Waals surface area contributed by atoms with Gasteiger partial charge in [0.15, 0.2) is 0 Å². The summed E-state index contributed by atoms with van der Waals surface area (Å²) in [7, 11) is 0. The van der Waals surface area contributed by atoms with Crippen molar-refractivity contribution < 1.29 is 9.59 Å². The number of carbonyl (C=O) groups excluding carboxylic acids is 2. The summed E-state index contributed by atoms with van der Waals surface area (Å²) >= 11 is 0. The van der Waals surface area contributed by atoms with Crippen molar-refractivity contribution in [1.29, 1.82) is 0 Å². The minimum Gasteiger partial charge on any atom is -0.311 e. The predicted octanol–water partition coefficient (Wildman–Crippen LogP) is 3.02. The fraction of sp³-hybridized carbons (Fsp3) is 0.235. The molecule has 0 aliphatic rings. The molecule has 1 aromatic carbocycles. The second kappa shape index (κ2) is 6.85. The summed E-state index contributed by atoms with van der Waals surface area (Å²) in [5.74, 6) is 0.0314. The number of aryl methyl sites for hydroxylation is 1. The molecule has 0 aliphatic heterocycles. The third kappa shape index (κ3) is 3.69. The van der Waals surface area contributed by atoms with Gasteiger partial charge in [0, 0.05) is 30.9 Å². The Balaban J connectivity index is 2.30. The van der Waals surface area contributed by atoms with Crippen LogP contribution < -0.4 is 10.2 Å². The third-order valence-electron chi connectivity index (χ3n) is 3.19. The van der Waals surface area contributed by atoms with Crippen LogP contribution in [-0.2, 0) is 4.79 Å². The zero-order valence-corrected chi connectivity index (χ0v) is 13.0. The highest BCUT2D eigenvalue weighted by molar-refractivity contribution is 6.06. The molecule has 0 saturated heterocycles. The fourth-order valence-electron chi connectivity index (χ4n) is 2.21. The maximum absolute atomic E-state index is 12.7. The number of benzene rings is 1. The lowest BCUT2D eigenvalue weighted by atomic mass is 10.1. The van der Waals surface area contributed by atoms with E-state index in [2.05, 4.69) is 10.3 Å². The third-order valence-corrected chi connectivity index (χ3v) is 3.19. The molecule has 22 heavy (non-hydrogen) atoms. The van der Waals surface area contributed by atoms with Crippen molar-refractivity contribution in [2.75, 3.05) is 16.8 Å². The molecule has 0 fully saturated rings. The molecule has 0 bridgehead atoms. The monoisotopic (exact) mass is 297 g/mol. The lowest BCUT2D eigenvalue weighted by Crippen LogP contribution is -2.30. The van der Waals surface area contributed by atoms with Crippen LogP contribution >= 0.6 is 0 Å². The van der Waals surface area contributed by atoms with Crippen molar-refractivity contribution in [1.82, 2.24) is 4.98 Å². The van der Waals surface area contributed by atoms with Crippen LogP contribution in [-0.4, -0.2) is 23.3 Å². The van der Waals surface area contributed by atoms with Gasteiger partial charge in [-0.1, -0.05) is 12.1 Å². The maximum atomic E-state index is 12.7. The summed E-state index contributed by atoms with van der Waals surface area (Å²) in [6.07, 6.45) is 1.52. The van der Waals surface area contributed by atoms with Crippen molar-refractivity contribution in [3.05, 3.63) is 53.7 Å². The number of nitrogens with zero attached hydrogens (tertiary/aromatic N) is 2. The highest BCUT2D eigenvalue weighted by atomic mass is 16.2. The second-order valence-electron chi connectivity index (χ2n) is 5.00. The number of hydrogen-bond acceptors (Lipinski definition) is 3. The van der Waals surface area contributed by atoms with Gasteiger partial charge in [-0.3, -0.25) is 9.59 Å². The minimum absolute atomic E-state index is 0.123. The standard InChI is InChI=1S/C17H19N3O2/c1-4-20(15-7-5-6-12(2)10-15)17(22)14-8-9-18-16(11-14)19-13(3)21/h5-11H,4H2,1-3H3,(H,18,19,21). The van der Waals surface area contributed by atoms with E-state index in [0.29, 0.717) is 17.9 Å². The van der Waals surface area contributed by atoms with Crippen LogP contribution in [0.2, 0.25) is 0 Å². The zero-order valence-electron chi connectivity index (χ0n) is 13.0. The summed E-state index contributed by atoms with van der Waals surface area (Å²) in [5.41, 5.74) is 2.44. The summed E-state index contributed by atoms with van der Waals surface area (Å²) in [6, 6.07) is 11.0. The van der Waals surface area contributed by atoms with Crippen molar-refractivity contribution in [3.63, 3.8) is 0 Å². The Labute approximate surface area is 130 Å². The molecule has 114 valence electrons. The van der Waals surface area contributed by atoms with E-state index >= 15 is 0 Å². The number of nitrogens with one attached hydrogen (secondary N) is 1. The quantitative estimate of drug-likeness (QED) is 0.943. The molecule has 0 atom stereocenters. The van der Waals surface area contributed by atoms with Gasteiger partial charge in [0.25, 0.3) is 5.91 Å². The van der Waals surface area contributed by atoms with E-state index in [0.717, 1.165) is 11.3 Å². The molecule has 2 rings (SSSR count). The first kappa shape index (κ1) is 15.7. The Kier molecular flexibility index (Phi) is 4.88. The molecule has 0 radical (unpaired) electrons. The molecule has 0 spiro atoms. The SMILES string of the molecule is CCN(C(=O)c1ccnc(NC(C)=O)c1)c1cccc(C)c1. The Morgan fingerprint density at radius 2 is 2.00 bits per heavy atom. The number of hydrogen-bond donors (Lipinski definition) is 1. The van der Waals surface area contributed by atoms with Gasteiger partial charge in [0.05, 0.1) is 0 Å². The van der Waals surface area contributed by atoms with E-state index in [1.165, 1.54) is 13.1 Å². The van der Waals surface area contributed by atoms with Crippen LogP contribution in [0.3, 0.4) is 0 Å². The van der Waals surface area contributed by atoms with Gasteiger partial charge in [0.2, 0.25) is 5.91 Å². The minimum atomic E-state index is -0.219. The second-order valence-corrected chi connectivity index (χ2v) is 5.00. The van der Waals surface area contributed by atoms with E-state index in [1.54, 1.807) is 17.0 Å². The maximum Gasteiger partial charge on any atom is 0.258 e. The van der Waals surface area contributed by atoms with Gasteiger partial charge in [-0.2, -0.15) is 0 Å². The van der Waals surface area contributed by atoms with E-state index in [-0.39, 0.29) is 11.8 Å². The fourth-order valence-corrected chi connectivity index (χ4v) is 2.21. The molecule has 2 aromatic rings. The Morgan fingerprint density at radius 3 is 2.64 bits per heavy atom. The van der Waals surface area contributed by atoms with E-state index < -0.39 is 0 Å². The highest BCUT2D eigenvalue weighted by Gasteiger charge is 2.17. The zero-order chi connectivity index (χ0) is 16.1. The molecule has 1 heterocycles. The Hall–Kier alpha value is -2.69. The molecule has 5 heteroatoms. The highest BCUT2D eigenvalue weighted by Crippen LogP contribution is 2.19. The molecule has 0 aliphatic carbocycles. The van der Waals surface area contributed by atoms with Crippen LogP contribution in [0.15, 0.2) is 42.6 Å². The van der Waals surface area contributed by atoms with Crippen molar-refractivity contribution in [2.45, 2.75) is 20.8 Å². The number of anilines is 2. The molecular formula is C17H19N3O2. The number of aromatic nitrogens is 1. The van der Waals surface area contributed by atoms with Gasteiger partial charge < -0.3 is 10.2 Å². The Morgan fingerprint density at radius 1 is 1.23 bits per heavy atom. The average molecular weight is 297 g/mol. The van der Waals surface area contributed by atoms with Gasteiger partial charge in [0.1, 0.15) is 5.82 Å². The summed E-state index contributed by atoms with van der Waals surface area (Å²) < 4.78 is 0. The molecule has 0 unspecified atom stereocenters. The van der Waals surface area contributed by atoms with Gasteiger partial charge in [-0.15, -0.1) is 0 Å². The lowest BCUT2D eigenvalue weighted by Gasteiger charge is -2.21. The normalized spacial score (nSPS) is 10.1. The number of carbonyl (C=O) groups is 2. The van der Waals surface area contributed by atoms with Gasteiger partial charge in [-0.05, 0) is 43.7 Å². The molecule has 2 amide bonds. The molecule has 1 aromatic heterocycles. The number of rotatable bonds is 4. The van der Waals surface area contributed by atoms with E-state index in [4.69, 9.17) is 0 Å². The van der Waals surface area contributed by atoms with Gasteiger partial charge in [-0.25, -0.2) is 4.98 Å². The van der Waals surface area contributed by atoms with Crippen molar-refractivity contribution in [3.8, 4) is 0 Å². The summed E-state index contributed by atoms with van der Waals surface area (Å²) in [5, 5.41) is 2.59. The lowest BCUT2D eigenvalue weighted by molar-refractivity contribution is -0.114. The van der Waals surface area contributed by atoms with E-state index in [9.17, 15) is 9.59 Å². The largest absolute Gasteiger partial charge is 0.311 e. The van der Waals surface area contributed by atoms with Crippen LogP contribution in [0.4, 0.5) is 11.5 Å². The Bertz CT molecular complexity index is 698. The molecule has 1 N–H and O–H groups in total. The van der Waals surface area contributed by atoms with Gasteiger partial charge >= 0.3 is 0 Å². The predicted molar refractivity (Wildman–Crippen MR) is 87.1 cm³/mol. The average Bonchev–Trinajstić information content (AvgIpc) is 2.47. The van der Waals surface area contributed by atoms with Crippen LogP contribution in [0, 0.1) is 6.92 Å².